The van der Waals surface area contributed by atoms with Gasteiger partial charge in [0.15, 0.2) is 0 Å². The predicted molar refractivity (Wildman–Crippen MR) is 144 cm³/mol. The Bertz CT molecular complexity index is 1260. The molecule has 2 fully saturated rings. The number of hydrogen-bond acceptors (Lipinski definition) is 7. The molecular formula is C28H35N5O4S. The Hall–Kier alpha value is -3.29. The lowest BCUT2D eigenvalue weighted by molar-refractivity contribution is -0.144. The first-order chi connectivity index (χ1) is 17.9. The Balaban J connectivity index is 1.46. The Morgan fingerprint density at radius 2 is 1.87 bits per heavy atom. The van der Waals surface area contributed by atoms with Gasteiger partial charge in [0.25, 0.3) is 0 Å². The van der Waals surface area contributed by atoms with Crippen molar-refractivity contribution in [1.82, 2.24) is 20.5 Å². The zero-order chi connectivity index (χ0) is 27.8. The number of benzene rings is 1. The van der Waals surface area contributed by atoms with Gasteiger partial charge in [-0.05, 0) is 43.2 Å². The summed E-state index contributed by atoms with van der Waals surface area (Å²) >= 11 is 1.58. The second-order valence-electron chi connectivity index (χ2n) is 11.5. The normalized spacial score (nSPS) is 21.8. The van der Waals surface area contributed by atoms with Crippen molar-refractivity contribution in [3.8, 4) is 16.5 Å². The highest BCUT2D eigenvalue weighted by Crippen LogP contribution is 2.45. The molecule has 3 amide bonds. The second kappa shape index (κ2) is 10.5. The van der Waals surface area contributed by atoms with Crippen molar-refractivity contribution < 1.29 is 19.5 Å². The van der Waals surface area contributed by atoms with Gasteiger partial charge in [-0.1, -0.05) is 45.0 Å². The van der Waals surface area contributed by atoms with E-state index < -0.39 is 40.8 Å². The minimum atomic E-state index is -1.07. The highest BCUT2D eigenvalue weighted by Gasteiger charge is 2.53. The average molecular weight is 538 g/mol. The second-order valence-corrected chi connectivity index (χ2v) is 12.3. The lowest BCUT2D eigenvalue weighted by Crippen LogP contribution is -2.58. The number of thiazole rings is 1. The fourth-order valence-electron chi connectivity index (χ4n) is 4.80. The van der Waals surface area contributed by atoms with E-state index in [0.717, 1.165) is 21.7 Å². The molecule has 9 nitrogen and oxygen atoms in total. The maximum Gasteiger partial charge on any atom is 0.246 e. The van der Waals surface area contributed by atoms with E-state index in [1.54, 1.807) is 11.3 Å². The molecule has 3 N–H and O–H groups in total. The summed E-state index contributed by atoms with van der Waals surface area (Å²) in [6, 6.07) is 7.84. The molecule has 1 saturated carbocycles. The number of aryl methyl sites for hydroxylation is 1. The summed E-state index contributed by atoms with van der Waals surface area (Å²) in [5.74, 6) is -1.26. The lowest BCUT2D eigenvalue weighted by Gasteiger charge is -2.36. The van der Waals surface area contributed by atoms with Gasteiger partial charge in [-0.15, -0.1) is 11.3 Å². The van der Waals surface area contributed by atoms with Crippen molar-refractivity contribution in [3.05, 3.63) is 41.0 Å². The number of rotatable bonds is 7. The van der Waals surface area contributed by atoms with Crippen LogP contribution in [0.1, 0.15) is 64.3 Å². The number of carbonyl (C=O) groups is 3. The van der Waals surface area contributed by atoms with Crippen molar-refractivity contribution in [2.24, 2.45) is 10.8 Å². The van der Waals surface area contributed by atoms with E-state index in [0.29, 0.717) is 12.8 Å². The average Bonchev–Trinajstić information content (AvgIpc) is 3.40. The van der Waals surface area contributed by atoms with E-state index in [9.17, 15) is 24.8 Å². The van der Waals surface area contributed by atoms with Crippen LogP contribution in [0, 0.1) is 29.1 Å². The predicted octanol–water partition coefficient (Wildman–Crippen LogP) is 3.09. The van der Waals surface area contributed by atoms with Gasteiger partial charge >= 0.3 is 0 Å². The molecule has 4 atom stereocenters. The molecule has 4 rings (SSSR count). The minimum Gasteiger partial charge on any atom is -0.391 e. The van der Waals surface area contributed by atoms with Gasteiger partial charge in [0.2, 0.25) is 17.7 Å². The number of nitrogens with one attached hydrogen (secondary N) is 2. The number of carbonyl (C=O) groups excluding carboxylic acids is 3. The Morgan fingerprint density at radius 1 is 1.21 bits per heavy atom. The number of aliphatic hydroxyl groups is 1. The molecule has 1 aliphatic heterocycles. The van der Waals surface area contributed by atoms with E-state index in [1.807, 2.05) is 64.4 Å². The number of aromatic nitrogens is 1. The topological polar surface area (TPSA) is 135 Å². The van der Waals surface area contributed by atoms with Crippen molar-refractivity contribution in [3.63, 3.8) is 0 Å². The molecule has 2 aromatic rings. The number of likely N-dealkylation sites (tertiary alicyclic amines) is 1. The standard InChI is InChI=1S/C28H35N5O4S/c1-16(18-6-8-19(9-7-18)22-17(2)30-15-38-22)31-24(35)21-12-20(34)13-33(21)25(36)23(27(3,4)5)32-26(37)28(14-29)10-11-28/h6-9,15-16,20-21,23,34H,10-13H2,1-5H3,(H,31,35)(H,32,37)/t16-,20+,21?,23+/m0/s1. The van der Waals surface area contributed by atoms with Crippen molar-refractivity contribution in [2.75, 3.05) is 6.54 Å². The molecule has 1 unspecified atom stereocenters. The van der Waals surface area contributed by atoms with Crippen LogP contribution in [0.3, 0.4) is 0 Å². The summed E-state index contributed by atoms with van der Waals surface area (Å²) in [7, 11) is 0. The number of hydrogen-bond donors (Lipinski definition) is 3. The third-order valence-electron chi connectivity index (χ3n) is 7.43. The number of nitriles is 1. The van der Waals surface area contributed by atoms with Crippen LogP contribution in [0.25, 0.3) is 10.4 Å². The third-order valence-corrected chi connectivity index (χ3v) is 8.41. The molecule has 2 aliphatic rings. The Kier molecular flexibility index (Phi) is 7.64. The van der Waals surface area contributed by atoms with E-state index in [1.165, 1.54) is 4.90 Å². The number of β-amino-alcohol motifs (C(OH)–C–C–N with tert-alkyl or cyclic N) is 1. The first kappa shape index (κ1) is 27.7. The quantitative estimate of drug-likeness (QED) is 0.497. The fraction of sp³-hybridized carbons (Fsp3) is 0.536. The molecular weight excluding hydrogens is 502 g/mol. The summed E-state index contributed by atoms with van der Waals surface area (Å²) in [5, 5.41) is 25.6. The number of nitrogens with zero attached hydrogens (tertiary/aromatic N) is 3. The molecule has 202 valence electrons. The van der Waals surface area contributed by atoms with E-state index >= 15 is 0 Å². The van der Waals surface area contributed by atoms with Crippen LogP contribution in [-0.4, -0.2) is 57.4 Å². The van der Waals surface area contributed by atoms with Gasteiger partial charge < -0.3 is 20.6 Å². The maximum absolute atomic E-state index is 13.7. The van der Waals surface area contributed by atoms with Gasteiger partial charge in [0.1, 0.15) is 17.5 Å². The number of aliphatic hydroxyl groups excluding tert-OH is 1. The zero-order valence-electron chi connectivity index (χ0n) is 22.4. The van der Waals surface area contributed by atoms with Crippen LogP contribution in [0.5, 0.6) is 0 Å². The van der Waals surface area contributed by atoms with E-state index in [4.69, 9.17) is 0 Å². The molecule has 0 bridgehead atoms. The molecule has 10 heteroatoms. The molecule has 1 saturated heterocycles. The first-order valence-electron chi connectivity index (χ1n) is 12.9. The maximum atomic E-state index is 13.7. The summed E-state index contributed by atoms with van der Waals surface area (Å²) in [5.41, 5.74) is 3.01. The fourth-order valence-corrected chi connectivity index (χ4v) is 5.61. The van der Waals surface area contributed by atoms with Crippen molar-refractivity contribution in [2.45, 2.75) is 78.1 Å². The number of amides is 3. The smallest absolute Gasteiger partial charge is 0.246 e. The molecule has 2 heterocycles. The Morgan fingerprint density at radius 3 is 2.39 bits per heavy atom. The van der Waals surface area contributed by atoms with Gasteiger partial charge in [0, 0.05) is 13.0 Å². The lowest BCUT2D eigenvalue weighted by atomic mass is 9.85. The molecule has 0 radical (unpaired) electrons. The van der Waals surface area contributed by atoms with Gasteiger partial charge in [-0.25, -0.2) is 4.98 Å². The van der Waals surface area contributed by atoms with E-state index in [-0.39, 0.29) is 24.9 Å². The van der Waals surface area contributed by atoms with Crippen molar-refractivity contribution >= 4 is 29.1 Å². The van der Waals surface area contributed by atoms with Crippen LogP contribution in [0.15, 0.2) is 29.8 Å². The highest BCUT2D eigenvalue weighted by molar-refractivity contribution is 7.13. The third kappa shape index (κ3) is 5.59. The largest absolute Gasteiger partial charge is 0.391 e. The van der Waals surface area contributed by atoms with Crippen LogP contribution in [0.2, 0.25) is 0 Å². The first-order valence-corrected chi connectivity index (χ1v) is 13.8. The molecule has 1 aliphatic carbocycles. The van der Waals surface area contributed by atoms with Crippen LogP contribution < -0.4 is 10.6 Å². The zero-order valence-corrected chi connectivity index (χ0v) is 23.3. The SMILES string of the molecule is Cc1ncsc1-c1ccc([C@H](C)NC(=O)C2C[C@@H](O)CN2C(=O)[C@@H](NC(=O)C2(C#N)CC2)C(C)(C)C)cc1. The van der Waals surface area contributed by atoms with Crippen LogP contribution in [0.4, 0.5) is 0 Å². The minimum absolute atomic E-state index is 0.0000413. The van der Waals surface area contributed by atoms with Gasteiger partial charge in [-0.3, -0.25) is 14.4 Å². The summed E-state index contributed by atoms with van der Waals surface area (Å²) < 4.78 is 0. The van der Waals surface area contributed by atoms with E-state index in [2.05, 4.69) is 21.7 Å². The Labute approximate surface area is 227 Å². The summed E-state index contributed by atoms with van der Waals surface area (Å²) in [4.78, 5) is 46.6. The highest BCUT2D eigenvalue weighted by atomic mass is 32.1. The van der Waals surface area contributed by atoms with Crippen LogP contribution >= 0.6 is 11.3 Å². The molecule has 1 aromatic heterocycles. The molecule has 38 heavy (non-hydrogen) atoms. The van der Waals surface area contributed by atoms with Crippen molar-refractivity contribution in [1.29, 1.82) is 5.26 Å². The summed E-state index contributed by atoms with van der Waals surface area (Å²) in [6.07, 6.45) is 0.200. The van der Waals surface area contributed by atoms with Gasteiger partial charge in [0.05, 0.1) is 34.3 Å². The molecule has 1 aromatic carbocycles. The molecule has 0 spiro atoms. The monoisotopic (exact) mass is 537 g/mol. The van der Waals surface area contributed by atoms with Gasteiger partial charge in [-0.2, -0.15) is 5.26 Å². The summed E-state index contributed by atoms with van der Waals surface area (Å²) in [6.45, 7) is 9.31. The van der Waals surface area contributed by atoms with Crippen LogP contribution in [-0.2, 0) is 14.4 Å².